The highest BCUT2D eigenvalue weighted by molar-refractivity contribution is 7.09. The zero-order chi connectivity index (χ0) is 23.0. The Balaban J connectivity index is 1.52. The molecule has 0 saturated heterocycles. The van der Waals surface area contributed by atoms with E-state index in [0.29, 0.717) is 31.2 Å². The number of aromatic nitrogens is 1. The third-order valence-corrected chi connectivity index (χ3v) is 6.02. The molecule has 0 atom stereocenters. The van der Waals surface area contributed by atoms with Crippen LogP contribution in [0.5, 0.6) is 11.5 Å². The second kappa shape index (κ2) is 10.5. The molecule has 166 valence electrons. The average molecular weight is 458 g/mol. The second-order valence-corrected chi connectivity index (χ2v) is 8.26. The summed E-state index contributed by atoms with van der Waals surface area (Å²) < 4.78 is 13.3. The molecule has 6 nitrogen and oxygen atoms in total. The van der Waals surface area contributed by atoms with Crippen LogP contribution in [0.2, 0.25) is 0 Å². The predicted octanol–water partition coefficient (Wildman–Crippen LogP) is 5.01. The Bertz CT molecular complexity index is 1320. The van der Waals surface area contributed by atoms with Gasteiger partial charge in [-0.3, -0.25) is 4.79 Å². The molecular formula is C26H23N3O3S. The van der Waals surface area contributed by atoms with E-state index < -0.39 is 0 Å². The molecule has 1 N–H and O–H groups in total. The van der Waals surface area contributed by atoms with Gasteiger partial charge in [-0.05, 0) is 35.7 Å². The normalized spacial score (nSPS) is 11.2. The summed E-state index contributed by atoms with van der Waals surface area (Å²) in [7, 11) is 1.61. The van der Waals surface area contributed by atoms with Gasteiger partial charge in [0.1, 0.15) is 18.2 Å². The highest BCUT2D eigenvalue weighted by atomic mass is 32.1. The lowest BCUT2D eigenvalue weighted by Gasteiger charge is -2.11. The molecule has 0 aliphatic heterocycles. The molecule has 1 amide bonds. The van der Waals surface area contributed by atoms with Crippen molar-refractivity contribution in [2.75, 3.05) is 13.7 Å². The zero-order valence-corrected chi connectivity index (χ0v) is 19.0. The van der Waals surface area contributed by atoms with Crippen molar-refractivity contribution in [3.8, 4) is 17.6 Å². The summed E-state index contributed by atoms with van der Waals surface area (Å²) in [4.78, 5) is 13.6. The molecule has 0 unspecified atom stereocenters. The van der Waals surface area contributed by atoms with Crippen LogP contribution in [0, 0.1) is 11.3 Å². The lowest BCUT2D eigenvalue weighted by Crippen LogP contribution is -2.23. The van der Waals surface area contributed by atoms with E-state index in [2.05, 4.69) is 9.88 Å². The number of para-hydroxylation sites is 3. The highest BCUT2D eigenvalue weighted by Crippen LogP contribution is 2.27. The number of amides is 1. The molecule has 0 aliphatic rings. The third kappa shape index (κ3) is 5.25. The van der Waals surface area contributed by atoms with Gasteiger partial charge in [0, 0.05) is 27.5 Å². The minimum absolute atomic E-state index is 0.0692. The molecular weight excluding hydrogens is 434 g/mol. The van der Waals surface area contributed by atoms with Gasteiger partial charge in [-0.2, -0.15) is 5.26 Å². The van der Waals surface area contributed by atoms with Crippen LogP contribution in [0.3, 0.4) is 0 Å². The van der Waals surface area contributed by atoms with E-state index in [4.69, 9.17) is 9.47 Å². The Morgan fingerprint density at radius 1 is 1.12 bits per heavy atom. The number of carbonyl (C=O) groups is 1. The predicted molar refractivity (Wildman–Crippen MR) is 130 cm³/mol. The summed E-state index contributed by atoms with van der Waals surface area (Å²) in [5, 5.41) is 15.3. The van der Waals surface area contributed by atoms with Gasteiger partial charge in [0.15, 0.2) is 11.5 Å². The molecule has 7 heteroatoms. The largest absolute Gasteiger partial charge is 0.493 e. The van der Waals surface area contributed by atoms with E-state index in [1.165, 1.54) is 0 Å². The Hall–Kier alpha value is -4.02. The standard InChI is InChI=1S/C26H23N3O3S/c1-31-24-10-4-5-11-25(24)32-13-12-29-18-20(22-8-2-3-9-23(22)29)15-19(16-27)26(30)28-17-21-7-6-14-33-21/h2-11,14-15,18H,12-13,17H2,1H3,(H,28,30)/b19-15+. The maximum Gasteiger partial charge on any atom is 0.262 e. The van der Waals surface area contributed by atoms with Crippen LogP contribution in [0.1, 0.15) is 10.4 Å². The van der Waals surface area contributed by atoms with E-state index in [9.17, 15) is 10.1 Å². The van der Waals surface area contributed by atoms with Crippen LogP contribution < -0.4 is 14.8 Å². The van der Waals surface area contributed by atoms with Crippen LogP contribution in [0.4, 0.5) is 0 Å². The average Bonchev–Trinajstić information content (AvgIpc) is 3.50. The van der Waals surface area contributed by atoms with Crippen molar-refractivity contribution in [1.29, 1.82) is 5.26 Å². The lowest BCUT2D eigenvalue weighted by molar-refractivity contribution is -0.117. The number of methoxy groups -OCH3 is 1. The monoisotopic (exact) mass is 457 g/mol. The number of hydrogen-bond acceptors (Lipinski definition) is 5. The quantitative estimate of drug-likeness (QED) is 0.283. The van der Waals surface area contributed by atoms with Gasteiger partial charge in [-0.1, -0.05) is 36.4 Å². The van der Waals surface area contributed by atoms with Gasteiger partial charge in [0.05, 0.1) is 20.2 Å². The molecule has 0 bridgehead atoms. The Labute approximate surface area is 196 Å². The SMILES string of the molecule is COc1ccccc1OCCn1cc(/C=C(\C#N)C(=O)NCc2cccs2)c2ccccc21. The van der Waals surface area contributed by atoms with Crippen LogP contribution >= 0.6 is 11.3 Å². The van der Waals surface area contributed by atoms with Crippen LogP contribution in [-0.4, -0.2) is 24.2 Å². The Morgan fingerprint density at radius 3 is 2.67 bits per heavy atom. The van der Waals surface area contributed by atoms with Crippen LogP contribution in [0.25, 0.3) is 17.0 Å². The maximum atomic E-state index is 12.6. The molecule has 0 spiro atoms. The first-order chi connectivity index (χ1) is 16.2. The molecule has 2 aromatic carbocycles. The van der Waals surface area contributed by atoms with Crippen molar-refractivity contribution in [2.45, 2.75) is 13.1 Å². The summed E-state index contributed by atoms with van der Waals surface area (Å²) in [6.45, 7) is 1.44. The molecule has 2 aromatic heterocycles. The first-order valence-corrected chi connectivity index (χ1v) is 11.3. The first kappa shape index (κ1) is 22.2. The fraction of sp³-hybridized carbons (Fsp3) is 0.154. The topological polar surface area (TPSA) is 76.3 Å². The molecule has 0 fully saturated rings. The smallest absolute Gasteiger partial charge is 0.262 e. The molecule has 2 heterocycles. The molecule has 0 saturated carbocycles. The molecule has 0 radical (unpaired) electrons. The maximum absolute atomic E-state index is 12.6. The Morgan fingerprint density at radius 2 is 1.91 bits per heavy atom. The summed E-state index contributed by atoms with van der Waals surface area (Å²) in [5.74, 6) is 0.985. The van der Waals surface area contributed by atoms with Gasteiger partial charge < -0.3 is 19.4 Å². The zero-order valence-electron chi connectivity index (χ0n) is 18.2. The van der Waals surface area contributed by atoms with Crippen molar-refractivity contribution in [1.82, 2.24) is 9.88 Å². The first-order valence-electron chi connectivity index (χ1n) is 10.5. The number of thiophene rings is 1. The van der Waals surface area contributed by atoms with Gasteiger partial charge >= 0.3 is 0 Å². The van der Waals surface area contributed by atoms with Crippen LogP contribution in [-0.2, 0) is 17.9 Å². The fourth-order valence-electron chi connectivity index (χ4n) is 3.55. The number of fused-ring (bicyclic) bond motifs is 1. The summed E-state index contributed by atoms with van der Waals surface area (Å²) in [6, 6.07) is 21.3. The van der Waals surface area contributed by atoms with Crippen molar-refractivity contribution >= 4 is 34.2 Å². The number of nitriles is 1. The highest BCUT2D eigenvalue weighted by Gasteiger charge is 2.13. The van der Waals surface area contributed by atoms with E-state index in [-0.39, 0.29) is 11.5 Å². The summed E-state index contributed by atoms with van der Waals surface area (Å²) in [6.07, 6.45) is 3.59. The number of benzene rings is 2. The van der Waals surface area contributed by atoms with E-state index in [0.717, 1.165) is 21.3 Å². The van der Waals surface area contributed by atoms with E-state index in [1.54, 1.807) is 24.5 Å². The number of hydrogen-bond donors (Lipinski definition) is 1. The molecule has 4 rings (SSSR count). The van der Waals surface area contributed by atoms with Crippen molar-refractivity contribution in [3.63, 3.8) is 0 Å². The van der Waals surface area contributed by atoms with Gasteiger partial charge in [0.25, 0.3) is 5.91 Å². The summed E-state index contributed by atoms with van der Waals surface area (Å²) >= 11 is 1.56. The number of carbonyl (C=O) groups excluding carboxylic acids is 1. The van der Waals surface area contributed by atoms with Crippen molar-refractivity contribution < 1.29 is 14.3 Å². The number of nitrogens with zero attached hydrogens (tertiary/aromatic N) is 2. The molecule has 4 aromatic rings. The second-order valence-electron chi connectivity index (χ2n) is 7.23. The third-order valence-electron chi connectivity index (χ3n) is 5.15. The van der Waals surface area contributed by atoms with Crippen LogP contribution in [0.15, 0.2) is 77.8 Å². The number of ether oxygens (including phenoxy) is 2. The fourth-order valence-corrected chi connectivity index (χ4v) is 4.19. The van der Waals surface area contributed by atoms with Crippen molar-refractivity contribution in [2.24, 2.45) is 0 Å². The Kier molecular flexibility index (Phi) is 7.08. The minimum atomic E-state index is -0.387. The molecule has 33 heavy (non-hydrogen) atoms. The van der Waals surface area contributed by atoms with Crippen molar-refractivity contribution in [3.05, 3.63) is 88.3 Å². The van der Waals surface area contributed by atoms with E-state index >= 15 is 0 Å². The lowest BCUT2D eigenvalue weighted by atomic mass is 10.1. The minimum Gasteiger partial charge on any atom is -0.493 e. The van der Waals surface area contributed by atoms with Gasteiger partial charge in [-0.25, -0.2) is 0 Å². The van der Waals surface area contributed by atoms with Gasteiger partial charge in [-0.15, -0.1) is 11.3 Å². The van der Waals surface area contributed by atoms with Gasteiger partial charge in [0.2, 0.25) is 0 Å². The molecule has 0 aliphatic carbocycles. The summed E-state index contributed by atoms with van der Waals surface area (Å²) in [5.41, 5.74) is 1.88. The number of nitrogens with one attached hydrogen (secondary N) is 1. The number of rotatable bonds is 9. The van der Waals surface area contributed by atoms with E-state index in [1.807, 2.05) is 78.3 Å².